The van der Waals surface area contributed by atoms with Gasteiger partial charge >= 0.3 is 0 Å². The van der Waals surface area contributed by atoms with Crippen LogP contribution in [0.15, 0.2) is 24.3 Å². The summed E-state index contributed by atoms with van der Waals surface area (Å²) in [6, 6.07) is 7.30. The van der Waals surface area contributed by atoms with Crippen LogP contribution in [0.5, 0.6) is 5.75 Å². The minimum absolute atomic E-state index is 0.338. The summed E-state index contributed by atoms with van der Waals surface area (Å²) in [5.41, 5.74) is 1.25. The Hall–Kier alpha value is -0.630. The maximum absolute atomic E-state index is 8.92. The molecule has 54 valence electrons. The van der Waals surface area contributed by atoms with E-state index in [1.807, 2.05) is 12.1 Å². The maximum atomic E-state index is 8.92. The van der Waals surface area contributed by atoms with Crippen molar-refractivity contribution in [2.24, 2.45) is 0 Å². The van der Waals surface area contributed by atoms with E-state index in [0.717, 1.165) is 5.75 Å². The van der Waals surface area contributed by atoms with Crippen LogP contribution in [0.3, 0.4) is 0 Å². The molecule has 0 aliphatic heterocycles. The number of rotatable bonds is 2. The average Bonchev–Trinajstić information content (AvgIpc) is 1.95. The van der Waals surface area contributed by atoms with Gasteiger partial charge in [0.05, 0.1) is 0 Å². The lowest BCUT2D eigenvalue weighted by atomic mass is 10.2. The van der Waals surface area contributed by atoms with Crippen LogP contribution in [0.1, 0.15) is 5.56 Å². The summed E-state index contributed by atoms with van der Waals surface area (Å²) in [5.74, 6) is 1.35. The van der Waals surface area contributed by atoms with Gasteiger partial charge in [-0.15, -0.1) is 0 Å². The lowest BCUT2D eigenvalue weighted by Gasteiger charge is -1.96. The van der Waals surface area contributed by atoms with Crippen molar-refractivity contribution in [1.29, 1.82) is 0 Å². The number of hydrogen-bond donors (Lipinski definition) is 1. The summed E-state index contributed by atoms with van der Waals surface area (Å²) in [6.07, 6.45) is 2.06. The van der Waals surface area contributed by atoms with E-state index in [2.05, 4.69) is 6.26 Å². The molecule has 0 unspecified atom stereocenters. The summed E-state index contributed by atoms with van der Waals surface area (Å²) >= 11 is 1.78. The quantitative estimate of drug-likeness (QED) is 0.705. The van der Waals surface area contributed by atoms with Crippen LogP contribution < -0.4 is 0 Å². The van der Waals surface area contributed by atoms with Crippen molar-refractivity contribution in [3.63, 3.8) is 0 Å². The molecule has 0 spiro atoms. The van der Waals surface area contributed by atoms with Gasteiger partial charge < -0.3 is 5.11 Å². The van der Waals surface area contributed by atoms with Crippen LogP contribution in [-0.4, -0.2) is 11.4 Å². The Bertz CT molecular complexity index is 193. The highest BCUT2D eigenvalue weighted by Crippen LogP contribution is 2.13. The van der Waals surface area contributed by atoms with Crippen molar-refractivity contribution in [3.8, 4) is 5.75 Å². The van der Waals surface area contributed by atoms with Crippen molar-refractivity contribution < 1.29 is 5.11 Å². The first-order valence-electron chi connectivity index (χ1n) is 3.10. The van der Waals surface area contributed by atoms with Crippen molar-refractivity contribution in [1.82, 2.24) is 0 Å². The fourth-order valence-corrected chi connectivity index (χ4v) is 1.28. The Kier molecular flexibility index (Phi) is 2.63. The van der Waals surface area contributed by atoms with Gasteiger partial charge in [-0.3, -0.25) is 0 Å². The number of hydrogen-bond acceptors (Lipinski definition) is 2. The molecule has 0 heterocycles. The Labute approximate surface area is 65.1 Å². The molecule has 0 aromatic heterocycles. The molecule has 1 aromatic carbocycles. The van der Waals surface area contributed by atoms with Gasteiger partial charge in [-0.2, -0.15) is 11.8 Å². The van der Waals surface area contributed by atoms with E-state index < -0.39 is 0 Å². The zero-order valence-corrected chi connectivity index (χ0v) is 6.69. The van der Waals surface area contributed by atoms with Gasteiger partial charge in [-0.1, -0.05) is 12.1 Å². The molecule has 0 saturated heterocycles. The highest BCUT2D eigenvalue weighted by Gasteiger charge is 1.89. The molecule has 1 aromatic rings. The first-order chi connectivity index (χ1) is 4.83. The fraction of sp³-hybridized carbons (Fsp3) is 0.250. The van der Waals surface area contributed by atoms with E-state index in [0.29, 0.717) is 5.75 Å². The summed E-state index contributed by atoms with van der Waals surface area (Å²) in [5, 5.41) is 8.92. The van der Waals surface area contributed by atoms with Gasteiger partial charge in [-0.25, -0.2) is 0 Å². The van der Waals surface area contributed by atoms with Gasteiger partial charge in [0.25, 0.3) is 0 Å². The van der Waals surface area contributed by atoms with E-state index in [1.54, 1.807) is 23.9 Å². The Balaban J connectivity index is 2.69. The van der Waals surface area contributed by atoms with Crippen molar-refractivity contribution in [3.05, 3.63) is 29.8 Å². The Morgan fingerprint density at radius 1 is 1.30 bits per heavy atom. The maximum Gasteiger partial charge on any atom is 0.115 e. The molecule has 0 bridgehead atoms. The molecule has 1 rings (SSSR count). The molecular weight excluding hydrogens is 144 g/mol. The van der Waals surface area contributed by atoms with Gasteiger partial charge in [0.15, 0.2) is 0 Å². The zero-order chi connectivity index (χ0) is 7.40. The molecule has 2 heteroatoms. The Morgan fingerprint density at radius 3 is 2.40 bits per heavy atom. The van der Waals surface area contributed by atoms with E-state index in [9.17, 15) is 0 Å². The van der Waals surface area contributed by atoms with Crippen LogP contribution in [-0.2, 0) is 5.75 Å². The summed E-state index contributed by atoms with van der Waals surface area (Å²) < 4.78 is 0. The van der Waals surface area contributed by atoms with Gasteiger partial charge in [0.2, 0.25) is 0 Å². The van der Waals surface area contributed by atoms with E-state index in [1.165, 1.54) is 5.56 Å². The molecule has 0 atom stereocenters. The molecular formula is C8H10OS. The van der Waals surface area contributed by atoms with Crippen LogP contribution >= 0.6 is 11.8 Å². The summed E-state index contributed by atoms with van der Waals surface area (Å²) in [7, 11) is 0. The molecule has 0 saturated carbocycles. The topological polar surface area (TPSA) is 20.2 Å². The number of phenolic OH excluding ortho intramolecular Hbond substituents is 1. The molecule has 1 N–H and O–H groups in total. The molecule has 10 heavy (non-hydrogen) atoms. The van der Waals surface area contributed by atoms with Gasteiger partial charge in [0, 0.05) is 5.75 Å². The lowest BCUT2D eigenvalue weighted by Crippen LogP contribution is -1.76. The molecule has 0 radical (unpaired) electrons. The van der Waals surface area contributed by atoms with Gasteiger partial charge in [-0.05, 0) is 24.0 Å². The summed E-state index contributed by atoms with van der Waals surface area (Å²) in [4.78, 5) is 0. The number of benzene rings is 1. The van der Waals surface area contributed by atoms with Crippen LogP contribution in [0.2, 0.25) is 0 Å². The largest absolute Gasteiger partial charge is 0.508 e. The molecule has 0 amide bonds. The second kappa shape index (κ2) is 3.52. The minimum atomic E-state index is 0.338. The van der Waals surface area contributed by atoms with Crippen LogP contribution in [0.4, 0.5) is 0 Å². The third-order valence-electron chi connectivity index (χ3n) is 1.25. The first kappa shape index (κ1) is 7.48. The van der Waals surface area contributed by atoms with Gasteiger partial charge in [0.1, 0.15) is 5.75 Å². The summed E-state index contributed by atoms with van der Waals surface area (Å²) in [6.45, 7) is 0. The standard InChI is InChI=1S/C8H10OS/c1-10-6-7-2-4-8(9)5-3-7/h2-5,9H,6H2,1H3. The number of aromatic hydroxyl groups is 1. The Morgan fingerprint density at radius 2 is 1.90 bits per heavy atom. The molecule has 0 fully saturated rings. The SMILES string of the molecule is CSCc1ccc(O)cc1. The average molecular weight is 154 g/mol. The second-order valence-corrected chi connectivity index (χ2v) is 2.97. The van der Waals surface area contributed by atoms with E-state index in [4.69, 9.17) is 5.11 Å². The first-order valence-corrected chi connectivity index (χ1v) is 4.49. The highest BCUT2D eigenvalue weighted by atomic mass is 32.2. The molecule has 1 nitrogen and oxygen atoms in total. The monoisotopic (exact) mass is 154 g/mol. The smallest absolute Gasteiger partial charge is 0.115 e. The van der Waals surface area contributed by atoms with E-state index in [-0.39, 0.29) is 0 Å². The second-order valence-electron chi connectivity index (χ2n) is 2.10. The van der Waals surface area contributed by atoms with Crippen LogP contribution in [0, 0.1) is 0 Å². The minimum Gasteiger partial charge on any atom is -0.508 e. The normalized spacial score (nSPS) is 9.70. The molecule has 0 aliphatic rings. The third-order valence-corrected chi connectivity index (χ3v) is 1.87. The predicted octanol–water partition coefficient (Wildman–Crippen LogP) is 2.26. The third kappa shape index (κ3) is 1.95. The zero-order valence-electron chi connectivity index (χ0n) is 5.87. The fourth-order valence-electron chi connectivity index (χ4n) is 0.759. The van der Waals surface area contributed by atoms with E-state index >= 15 is 0 Å². The van der Waals surface area contributed by atoms with Crippen molar-refractivity contribution in [2.45, 2.75) is 5.75 Å². The number of phenols is 1. The predicted molar refractivity (Wildman–Crippen MR) is 45.3 cm³/mol. The van der Waals surface area contributed by atoms with Crippen molar-refractivity contribution in [2.75, 3.05) is 6.26 Å². The number of thioether (sulfide) groups is 1. The highest BCUT2D eigenvalue weighted by molar-refractivity contribution is 7.97. The molecule has 0 aliphatic carbocycles. The lowest BCUT2D eigenvalue weighted by molar-refractivity contribution is 0.475. The van der Waals surface area contributed by atoms with Crippen molar-refractivity contribution >= 4 is 11.8 Å². The van der Waals surface area contributed by atoms with Crippen LogP contribution in [0.25, 0.3) is 0 Å².